The molecule has 1 aliphatic heterocycles. The van der Waals surface area contributed by atoms with Gasteiger partial charge in [0.25, 0.3) is 0 Å². The molecule has 1 fully saturated rings. The summed E-state index contributed by atoms with van der Waals surface area (Å²) in [6.45, 7) is 1.02. The zero-order chi connectivity index (χ0) is 12.5. The minimum atomic E-state index is -0.216. The molecule has 3 rings (SSSR count). The van der Waals surface area contributed by atoms with Crippen molar-refractivity contribution >= 4 is 11.6 Å². The highest BCUT2D eigenvalue weighted by molar-refractivity contribution is 5.82. The van der Waals surface area contributed by atoms with Crippen molar-refractivity contribution < 1.29 is 9.18 Å². The zero-order valence-electron chi connectivity index (χ0n) is 10.3. The van der Waals surface area contributed by atoms with Gasteiger partial charge in [-0.2, -0.15) is 0 Å². The highest BCUT2D eigenvalue weighted by Gasteiger charge is 2.26. The second-order valence-corrected chi connectivity index (χ2v) is 5.11. The van der Waals surface area contributed by atoms with Crippen molar-refractivity contribution in [2.75, 3.05) is 18.0 Å². The van der Waals surface area contributed by atoms with Crippen molar-refractivity contribution in [2.45, 2.75) is 31.7 Å². The van der Waals surface area contributed by atoms with Crippen LogP contribution in [-0.2, 0) is 11.2 Å². The molecule has 0 radical (unpaired) electrons. The van der Waals surface area contributed by atoms with Crippen molar-refractivity contribution in [3.8, 4) is 0 Å². The van der Waals surface area contributed by atoms with Crippen molar-refractivity contribution in [3.05, 3.63) is 29.6 Å². The average molecular weight is 248 g/mol. The number of nitrogens with one attached hydrogen (secondary N) is 1. The van der Waals surface area contributed by atoms with E-state index in [0.717, 1.165) is 37.8 Å². The summed E-state index contributed by atoms with van der Waals surface area (Å²) >= 11 is 0. The maximum absolute atomic E-state index is 13.9. The Morgan fingerprint density at radius 1 is 1.44 bits per heavy atom. The molecule has 1 aromatic carbocycles. The van der Waals surface area contributed by atoms with E-state index in [-0.39, 0.29) is 18.3 Å². The highest BCUT2D eigenvalue weighted by atomic mass is 19.1. The number of rotatable bonds is 3. The largest absolute Gasteiger partial charge is 0.360 e. The van der Waals surface area contributed by atoms with E-state index < -0.39 is 0 Å². The number of carbonyl (C=O) groups is 1. The van der Waals surface area contributed by atoms with E-state index in [2.05, 4.69) is 5.32 Å². The summed E-state index contributed by atoms with van der Waals surface area (Å²) in [4.78, 5) is 13.7. The first-order valence-electron chi connectivity index (χ1n) is 6.56. The third-order valence-corrected chi connectivity index (χ3v) is 3.54. The van der Waals surface area contributed by atoms with E-state index in [1.54, 1.807) is 6.07 Å². The van der Waals surface area contributed by atoms with Gasteiger partial charge in [-0.3, -0.25) is 4.79 Å². The fraction of sp³-hybridized carbons (Fsp3) is 0.500. The first kappa shape index (κ1) is 11.5. The molecule has 0 atom stereocenters. The molecule has 0 saturated heterocycles. The van der Waals surface area contributed by atoms with Gasteiger partial charge in [0.2, 0.25) is 5.91 Å². The topological polar surface area (TPSA) is 32.3 Å². The number of hydrogen-bond acceptors (Lipinski definition) is 2. The summed E-state index contributed by atoms with van der Waals surface area (Å²) in [5, 5.41) is 2.95. The monoisotopic (exact) mass is 248 g/mol. The fourth-order valence-electron chi connectivity index (χ4n) is 2.52. The Bertz CT molecular complexity index is 471. The van der Waals surface area contributed by atoms with Crippen molar-refractivity contribution in [3.63, 3.8) is 0 Å². The Balaban J connectivity index is 1.75. The zero-order valence-corrected chi connectivity index (χ0v) is 10.3. The molecule has 1 heterocycles. The lowest BCUT2D eigenvalue weighted by atomic mass is 10.0. The van der Waals surface area contributed by atoms with E-state index in [4.69, 9.17) is 0 Å². The van der Waals surface area contributed by atoms with E-state index in [0.29, 0.717) is 11.7 Å². The summed E-state index contributed by atoms with van der Waals surface area (Å²) in [6.07, 6.45) is 4.04. The number of halogens is 1. The van der Waals surface area contributed by atoms with Crippen molar-refractivity contribution in [1.82, 2.24) is 5.32 Å². The van der Waals surface area contributed by atoms with Crippen LogP contribution in [0.4, 0.5) is 10.1 Å². The lowest BCUT2D eigenvalue weighted by Gasteiger charge is -2.31. The number of fused-ring (bicyclic) bond motifs is 1. The first-order valence-corrected chi connectivity index (χ1v) is 6.56. The maximum atomic E-state index is 13.9. The minimum Gasteiger partial charge on any atom is -0.360 e. The third-order valence-electron chi connectivity index (χ3n) is 3.54. The lowest BCUT2D eigenvalue weighted by Crippen LogP contribution is -2.41. The summed E-state index contributed by atoms with van der Waals surface area (Å²) in [6, 6.07) is 5.52. The van der Waals surface area contributed by atoms with Crippen LogP contribution in [0.15, 0.2) is 18.2 Å². The van der Waals surface area contributed by atoms with Crippen LogP contribution in [0.25, 0.3) is 0 Å². The minimum absolute atomic E-state index is 0.00797. The normalized spacial score (nSPS) is 18.4. The molecule has 4 heteroatoms. The number of anilines is 1. The van der Waals surface area contributed by atoms with Gasteiger partial charge in [-0.1, -0.05) is 12.1 Å². The summed E-state index contributed by atoms with van der Waals surface area (Å²) in [7, 11) is 0. The Morgan fingerprint density at radius 2 is 2.28 bits per heavy atom. The fourth-order valence-corrected chi connectivity index (χ4v) is 2.52. The van der Waals surface area contributed by atoms with Gasteiger partial charge in [-0.25, -0.2) is 4.39 Å². The second kappa shape index (κ2) is 4.59. The molecule has 0 spiro atoms. The van der Waals surface area contributed by atoms with Crippen LogP contribution in [0.2, 0.25) is 0 Å². The first-order chi connectivity index (χ1) is 8.74. The molecule has 18 heavy (non-hydrogen) atoms. The number of nitrogens with zero attached hydrogens (tertiary/aromatic N) is 1. The second-order valence-electron chi connectivity index (χ2n) is 5.11. The molecule has 1 amide bonds. The van der Waals surface area contributed by atoms with Gasteiger partial charge in [-0.05, 0) is 37.3 Å². The standard InChI is InChI=1S/C14H17FN2O/c15-12-5-1-3-10-4-2-8-17(14(10)12)9-13(18)16-11-6-7-11/h1,3,5,11H,2,4,6-9H2,(H,16,18). The van der Waals surface area contributed by atoms with Gasteiger partial charge >= 0.3 is 0 Å². The molecule has 96 valence electrons. The smallest absolute Gasteiger partial charge is 0.239 e. The molecule has 3 nitrogen and oxygen atoms in total. The van der Waals surface area contributed by atoms with Crippen LogP contribution < -0.4 is 10.2 Å². The van der Waals surface area contributed by atoms with Crippen LogP contribution in [0.3, 0.4) is 0 Å². The predicted molar refractivity (Wildman–Crippen MR) is 68.1 cm³/mol. The summed E-state index contributed by atoms with van der Waals surface area (Å²) in [5.41, 5.74) is 1.63. The predicted octanol–water partition coefficient (Wildman–Crippen LogP) is 1.86. The van der Waals surface area contributed by atoms with E-state index >= 15 is 0 Å². The van der Waals surface area contributed by atoms with Gasteiger partial charge in [0.15, 0.2) is 0 Å². The van der Waals surface area contributed by atoms with Crippen LogP contribution in [0.5, 0.6) is 0 Å². The Kier molecular flexibility index (Phi) is 2.94. The highest BCUT2D eigenvalue weighted by Crippen LogP contribution is 2.29. The number of aryl methyl sites for hydroxylation is 1. The Labute approximate surface area is 106 Å². The van der Waals surface area contributed by atoms with Crippen LogP contribution in [0.1, 0.15) is 24.8 Å². The summed E-state index contributed by atoms with van der Waals surface area (Å²) in [5.74, 6) is -0.208. The summed E-state index contributed by atoms with van der Waals surface area (Å²) < 4.78 is 13.9. The van der Waals surface area contributed by atoms with Gasteiger partial charge in [0.1, 0.15) is 5.82 Å². The third kappa shape index (κ3) is 2.33. The molecule has 0 bridgehead atoms. The van der Waals surface area contributed by atoms with Crippen molar-refractivity contribution in [1.29, 1.82) is 0 Å². The van der Waals surface area contributed by atoms with Gasteiger partial charge in [-0.15, -0.1) is 0 Å². The molecule has 1 aromatic rings. The molecule has 0 unspecified atom stereocenters. The number of hydrogen-bond donors (Lipinski definition) is 1. The Hall–Kier alpha value is -1.58. The van der Waals surface area contributed by atoms with E-state index in [1.807, 2.05) is 11.0 Å². The van der Waals surface area contributed by atoms with E-state index in [9.17, 15) is 9.18 Å². The van der Waals surface area contributed by atoms with E-state index in [1.165, 1.54) is 6.07 Å². The SMILES string of the molecule is O=C(CN1CCCc2cccc(F)c21)NC1CC1. The molecule has 1 aliphatic carbocycles. The molecule has 1 N–H and O–H groups in total. The molecule has 1 saturated carbocycles. The average Bonchev–Trinajstić information content (AvgIpc) is 3.13. The number of benzene rings is 1. The van der Waals surface area contributed by atoms with Gasteiger partial charge in [0.05, 0.1) is 12.2 Å². The number of para-hydroxylation sites is 1. The molecular weight excluding hydrogens is 231 g/mol. The molecule has 2 aliphatic rings. The van der Waals surface area contributed by atoms with Crippen LogP contribution in [-0.4, -0.2) is 25.0 Å². The van der Waals surface area contributed by atoms with Crippen LogP contribution >= 0.6 is 0 Å². The quantitative estimate of drug-likeness (QED) is 0.885. The number of carbonyl (C=O) groups excluding carboxylic acids is 1. The molecule has 0 aromatic heterocycles. The molecular formula is C14H17FN2O. The van der Waals surface area contributed by atoms with Crippen LogP contribution in [0, 0.1) is 5.82 Å². The maximum Gasteiger partial charge on any atom is 0.239 e. The Morgan fingerprint density at radius 3 is 3.06 bits per heavy atom. The van der Waals surface area contributed by atoms with Gasteiger partial charge < -0.3 is 10.2 Å². The lowest BCUT2D eigenvalue weighted by molar-refractivity contribution is -0.119. The van der Waals surface area contributed by atoms with Gasteiger partial charge in [0, 0.05) is 12.6 Å². The van der Waals surface area contributed by atoms with Crippen molar-refractivity contribution in [2.24, 2.45) is 0 Å². The number of amides is 1.